The number of carbonyl (C=O) groups is 1. The predicted molar refractivity (Wildman–Crippen MR) is 117 cm³/mol. The highest BCUT2D eigenvalue weighted by Gasteiger charge is 2.17. The van der Waals surface area contributed by atoms with E-state index in [-0.39, 0.29) is 24.1 Å². The highest BCUT2D eigenvalue weighted by molar-refractivity contribution is 5.94. The van der Waals surface area contributed by atoms with E-state index in [1.807, 2.05) is 12.1 Å². The molecule has 6 heteroatoms. The summed E-state index contributed by atoms with van der Waals surface area (Å²) < 4.78 is 13.0. The molecule has 4 rings (SSSR count). The average molecular weight is 414 g/mol. The van der Waals surface area contributed by atoms with Crippen LogP contribution < -0.4 is 10.6 Å². The molecule has 0 bridgehead atoms. The van der Waals surface area contributed by atoms with Gasteiger partial charge < -0.3 is 10.6 Å². The fourth-order valence-corrected chi connectivity index (χ4v) is 3.78. The normalized spacial score (nSPS) is 12.7. The van der Waals surface area contributed by atoms with E-state index in [4.69, 9.17) is 4.98 Å². The van der Waals surface area contributed by atoms with Crippen molar-refractivity contribution in [1.82, 2.24) is 10.3 Å². The molecule has 2 aromatic carbocycles. The molecule has 0 saturated heterocycles. The fraction of sp³-hybridized carbons (Fsp3) is 0.304. The van der Waals surface area contributed by atoms with Crippen molar-refractivity contribution >= 4 is 34.9 Å². The Morgan fingerprint density at radius 1 is 1.00 bits per heavy atom. The maximum absolute atomic E-state index is 13.0. The van der Waals surface area contributed by atoms with Crippen molar-refractivity contribution in [1.29, 1.82) is 0 Å². The van der Waals surface area contributed by atoms with Gasteiger partial charge in [-0.3, -0.25) is 9.78 Å². The van der Waals surface area contributed by atoms with Crippen LogP contribution in [-0.2, 0) is 12.8 Å². The SMILES string of the molecule is Cl.O=C(NCCCNc1c2c(nc3ccccc13)CCCC2)c1ccc(F)cc1. The van der Waals surface area contributed by atoms with Crippen LogP contribution in [0.2, 0.25) is 0 Å². The van der Waals surface area contributed by atoms with E-state index in [1.54, 1.807) is 0 Å². The van der Waals surface area contributed by atoms with Crippen LogP contribution in [0.1, 0.15) is 40.9 Å². The molecule has 0 aliphatic heterocycles. The first kappa shape index (κ1) is 21.1. The first-order chi connectivity index (χ1) is 13.7. The molecule has 2 N–H and O–H groups in total. The third-order valence-corrected chi connectivity index (χ3v) is 5.22. The molecule has 0 atom stereocenters. The Kier molecular flexibility index (Phi) is 7.04. The highest BCUT2D eigenvalue weighted by Crippen LogP contribution is 2.33. The van der Waals surface area contributed by atoms with Gasteiger partial charge in [-0.05, 0) is 68.0 Å². The lowest BCUT2D eigenvalue weighted by Crippen LogP contribution is -2.26. The first-order valence-corrected chi connectivity index (χ1v) is 9.90. The lowest BCUT2D eigenvalue weighted by atomic mass is 9.92. The van der Waals surface area contributed by atoms with Crippen molar-refractivity contribution in [2.24, 2.45) is 0 Å². The molecule has 1 aromatic heterocycles. The molecule has 1 aliphatic carbocycles. The molecule has 0 radical (unpaired) electrons. The highest BCUT2D eigenvalue weighted by atomic mass is 35.5. The zero-order valence-electron chi connectivity index (χ0n) is 16.2. The van der Waals surface area contributed by atoms with E-state index in [2.05, 4.69) is 22.8 Å². The molecule has 0 fully saturated rings. The van der Waals surface area contributed by atoms with Crippen molar-refractivity contribution in [3.05, 3.63) is 71.2 Å². The van der Waals surface area contributed by atoms with Gasteiger partial charge in [-0.25, -0.2) is 4.39 Å². The predicted octanol–water partition coefficient (Wildman–Crippen LogP) is 4.91. The van der Waals surface area contributed by atoms with Gasteiger partial charge in [0.15, 0.2) is 0 Å². The Hall–Kier alpha value is -2.66. The number of carbonyl (C=O) groups excluding carboxylic acids is 1. The second kappa shape index (κ2) is 9.70. The van der Waals surface area contributed by atoms with Crippen LogP contribution in [-0.4, -0.2) is 24.0 Å². The maximum Gasteiger partial charge on any atom is 0.251 e. The smallest absolute Gasteiger partial charge is 0.251 e. The Bertz CT molecular complexity index is 991. The van der Waals surface area contributed by atoms with Gasteiger partial charge in [0.2, 0.25) is 0 Å². The number of hydrogen-bond acceptors (Lipinski definition) is 3. The quantitative estimate of drug-likeness (QED) is 0.565. The minimum absolute atomic E-state index is 0. The van der Waals surface area contributed by atoms with Gasteiger partial charge in [-0.1, -0.05) is 18.2 Å². The monoisotopic (exact) mass is 413 g/mol. The van der Waals surface area contributed by atoms with E-state index < -0.39 is 0 Å². The molecule has 0 unspecified atom stereocenters. The second-order valence-electron chi connectivity index (χ2n) is 7.18. The summed E-state index contributed by atoms with van der Waals surface area (Å²) in [6.07, 6.45) is 5.32. The fourth-order valence-electron chi connectivity index (χ4n) is 3.78. The Balaban J connectivity index is 0.00000240. The third kappa shape index (κ3) is 4.85. The lowest BCUT2D eigenvalue weighted by molar-refractivity contribution is 0.0953. The van der Waals surface area contributed by atoms with Crippen LogP contribution in [0.3, 0.4) is 0 Å². The maximum atomic E-state index is 13.0. The number of pyridine rings is 1. The number of amides is 1. The summed E-state index contributed by atoms with van der Waals surface area (Å²) in [7, 11) is 0. The van der Waals surface area contributed by atoms with Crippen LogP contribution in [0, 0.1) is 5.82 Å². The summed E-state index contributed by atoms with van der Waals surface area (Å²) >= 11 is 0. The molecule has 1 amide bonds. The number of nitrogens with one attached hydrogen (secondary N) is 2. The van der Waals surface area contributed by atoms with Gasteiger partial charge in [0.05, 0.1) is 5.52 Å². The molecule has 0 spiro atoms. The number of anilines is 1. The van der Waals surface area contributed by atoms with Crippen molar-refractivity contribution in [3.8, 4) is 0 Å². The molecule has 1 heterocycles. The number of halogens is 2. The molecule has 1 aliphatic rings. The van der Waals surface area contributed by atoms with E-state index >= 15 is 0 Å². The Labute approximate surface area is 176 Å². The number of benzene rings is 2. The first-order valence-electron chi connectivity index (χ1n) is 9.90. The van der Waals surface area contributed by atoms with Gasteiger partial charge in [-0.15, -0.1) is 12.4 Å². The Morgan fingerprint density at radius 2 is 1.76 bits per heavy atom. The van der Waals surface area contributed by atoms with Gasteiger partial charge in [0.25, 0.3) is 5.91 Å². The summed E-state index contributed by atoms with van der Waals surface area (Å²) in [5.41, 5.74) is 5.28. The van der Waals surface area contributed by atoms with E-state index in [1.165, 1.54) is 59.4 Å². The van der Waals surface area contributed by atoms with Gasteiger partial charge in [0.1, 0.15) is 5.82 Å². The summed E-state index contributed by atoms with van der Waals surface area (Å²) in [5.74, 6) is -0.514. The van der Waals surface area contributed by atoms with Crippen LogP contribution in [0.25, 0.3) is 10.9 Å². The number of aromatic nitrogens is 1. The third-order valence-electron chi connectivity index (χ3n) is 5.22. The minimum atomic E-state index is -0.339. The van der Waals surface area contributed by atoms with E-state index in [9.17, 15) is 9.18 Å². The largest absolute Gasteiger partial charge is 0.384 e. The minimum Gasteiger partial charge on any atom is -0.384 e. The number of para-hydroxylation sites is 1. The van der Waals surface area contributed by atoms with Crippen LogP contribution in [0.15, 0.2) is 48.5 Å². The van der Waals surface area contributed by atoms with Gasteiger partial charge in [0, 0.05) is 35.4 Å². The zero-order chi connectivity index (χ0) is 19.3. The summed E-state index contributed by atoms with van der Waals surface area (Å²) in [6.45, 7) is 1.33. The molecular weight excluding hydrogens is 389 g/mol. The molecule has 0 saturated carbocycles. The van der Waals surface area contributed by atoms with Crippen LogP contribution in [0.5, 0.6) is 0 Å². The molecule has 152 valence electrons. The average Bonchev–Trinajstić information content (AvgIpc) is 2.73. The molecule has 4 nitrogen and oxygen atoms in total. The Morgan fingerprint density at radius 3 is 2.59 bits per heavy atom. The van der Waals surface area contributed by atoms with Crippen molar-refractivity contribution < 1.29 is 9.18 Å². The number of nitrogens with zero attached hydrogens (tertiary/aromatic N) is 1. The number of aryl methyl sites for hydroxylation is 1. The summed E-state index contributed by atoms with van der Waals surface area (Å²) in [5, 5.41) is 7.65. The topological polar surface area (TPSA) is 54.0 Å². The lowest BCUT2D eigenvalue weighted by Gasteiger charge is -2.21. The van der Waals surface area contributed by atoms with E-state index in [0.29, 0.717) is 12.1 Å². The van der Waals surface area contributed by atoms with E-state index in [0.717, 1.165) is 31.3 Å². The van der Waals surface area contributed by atoms with Gasteiger partial charge in [-0.2, -0.15) is 0 Å². The summed E-state index contributed by atoms with van der Waals surface area (Å²) in [6, 6.07) is 13.9. The van der Waals surface area contributed by atoms with Crippen LogP contribution >= 0.6 is 12.4 Å². The molecule has 3 aromatic rings. The van der Waals surface area contributed by atoms with Gasteiger partial charge >= 0.3 is 0 Å². The summed E-state index contributed by atoms with van der Waals surface area (Å²) in [4.78, 5) is 17.0. The number of hydrogen-bond donors (Lipinski definition) is 2. The van der Waals surface area contributed by atoms with Crippen LogP contribution in [0.4, 0.5) is 10.1 Å². The standard InChI is InChI=1S/C23H24FN3O.ClH/c24-17-12-10-16(11-13-17)23(28)26-15-5-14-25-22-18-6-1-3-8-20(18)27-21-9-4-2-7-19(21)22;/h1,3,6,8,10-13H,2,4-5,7,9,14-15H2,(H,25,27)(H,26,28);1H. The van der Waals surface area contributed by atoms with Crippen molar-refractivity contribution in [2.45, 2.75) is 32.1 Å². The van der Waals surface area contributed by atoms with Crippen molar-refractivity contribution in [3.63, 3.8) is 0 Å². The number of fused-ring (bicyclic) bond motifs is 2. The molecule has 29 heavy (non-hydrogen) atoms. The zero-order valence-corrected chi connectivity index (χ0v) is 17.0. The number of rotatable bonds is 6. The second-order valence-corrected chi connectivity index (χ2v) is 7.18. The molecular formula is C23H25ClFN3O. The van der Waals surface area contributed by atoms with Crippen molar-refractivity contribution in [2.75, 3.05) is 18.4 Å².